The Morgan fingerprint density at radius 3 is 2.02 bits per heavy atom. The molecule has 1 N–H and O–H groups in total. The highest BCUT2D eigenvalue weighted by molar-refractivity contribution is 5.96. The number of amides is 2. The van der Waals surface area contributed by atoms with Crippen molar-refractivity contribution in [3.05, 3.63) is 131 Å². The van der Waals surface area contributed by atoms with Gasteiger partial charge in [0, 0.05) is 0 Å². The number of aliphatic hydroxyl groups excluding tert-OH is 1. The van der Waals surface area contributed by atoms with Gasteiger partial charge >= 0.3 is 6.09 Å². The van der Waals surface area contributed by atoms with Crippen LogP contribution in [0.4, 0.5) is 4.79 Å². The summed E-state index contributed by atoms with van der Waals surface area (Å²) in [5.41, 5.74) is 3.56. The number of hydrogen-bond donors (Lipinski definition) is 1. The van der Waals surface area contributed by atoms with Gasteiger partial charge in [-0.25, -0.2) is 9.69 Å². The number of imide groups is 1. The van der Waals surface area contributed by atoms with E-state index in [4.69, 9.17) is 14.2 Å². The topological polar surface area (TPSA) is 85.3 Å². The quantitative estimate of drug-likeness (QED) is 0.225. The Hall–Kier alpha value is -4.62. The van der Waals surface area contributed by atoms with Crippen molar-refractivity contribution < 1.29 is 28.9 Å². The first-order chi connectivity index (χ1) is 20.4. The third kappa shape index (κ3) is 6.98. The highest BCUT2D eigenvalue weighted by atomic mass is 16.6. The molecule has 3 atom stereocenters. The molecule has 42 heavy (non-hydrogen) atoms. The Morgan fingerprint density at radius 1 is 0.833 bits per heavy atom. The van der Waals surface area contributed by atoms with Crippen molar-refractivity contribution in [2.45, 2.75) is 51.0 Å². The van der Waals surface area contributed by atoms with Crippen molar-refractivity contribution in [1.29, 1.82) is 0 Å². The average Bonchev–Trinajstić information content (AvgIpc) is 3.39. The predicted molar refractivity (Wildman–Crippen MR) is 159 cm³/mol. The van der Waals surface area contributed by atoms with Gasteiger partial charge in [0.05, 0.1) is 6.04 Å². The molecule has 2 amide bonds. The molecule has 7 nitrogen and oxygen atoms in total. The number of hydrogen-bond acceptors (Lipinski definition) is 6. The zero-order chi connectivity index (χ0) is 29.5. The summed E-state index contributed by atoms with van der Waals surface area (Å²) in [6, 6.07) is 33.1. The van der Waals surface area contributed by atoms with Gasteiger partial charge in [-0.15, -0.1) is 0 Å². The molecule has 5 rings (SSSR count). The van der Waals surface area contributed by atoms with Crippen LogP contribution in [-0.2, 0) is 22.6 Å². The predicted octanol–water partition coefficient (Wildman–Crippen LogP) is 6.46. The Kier molecular flexibility index (Phi) is 9.19. The van der Waals surface area contributed by atoms with Crippen LogP contribution in [0.2, 0.25) is 0 Å². The van der Waals surface area contributed by atoms with E-state index in [1.54, 1.807) is 36.4 Å². The van der Waals surface area contributed by atoms with E-state index in [1.165, 1.54) is 0 Å². The Bertz CT molecular complexity index is 1460. The van der Waals surface area contributed by atoms with Gasteiger partial charge in [0.2, 0.25) is 6.10 Å². The van der Waals surface area contributed by atoms with Gasteiger partial charge in [0.1, 0.15) is 30.8 Å². The number of carbonyl (C=O) groups is 2. The third-order valence-corrected chi connectivity index (χ3v) is 7.32. The minimum absolute atomic E-state index is 0.0683. The van der Waals surface area contributed by atoms with Crippen molar-refractivity contribution in [3.8, 4) is 11.5 Å². The monoisotopic (exact) mass is 565 g/mol. The lowest BCUT2D eigenvalue weighted by molar-refractivity contribution is -0.142. The molecule has 1 aliphatic rings. The van der Waals surface area contributed by atoms with E-state index >= 15 is 0 Å². The first-order valence-corrected chi connectivity index (χ1v) is 14.1. The molecule has 4 aromatic rings. The van der Waals surface area contributed by atoms with Crippen LogP contribution in [0.3, 0.4) is 0 Å². The van der Waals surface area contributed by atoms with E-state index < -0.39 is 30.3 Å². The van der Waals surface area contributed by atoms with Crippen molar-refractivity contribution in [2.75, 3.05) is 6.61 Å². The Morgan fingerprint density at radius 2 is 1.40 bits per heavy atom. The van der Waals surface area contributed by atoms with E-state index in [2.05, 4.69) is 13.8 Å². The molecule has 0 aliphatic carbocycles. The standard InChI is InChI=1S/C35H35NO6/c1-24(2)27-13-19-31(20-14-27)42-33(34(38)36-29(23-41-35(36)39)21-25-9-5-3-6-10-25)32(37)28-15-17-30(18-16-28)40-22-26-11-7-4-8-12-26/h3-20,24,29,32-33,37H,21-23H2,1-2H3/t29?,32-,33+/m1/s1. The second-order valence-electron chi connectivity index (χ2n) is 10.7. The number of rotatable bonds is 11. The number of benzene rings is 4. The van der Waals surface area contributed by atoms with Crippen LogP contribution in [0.25, 0.3) is 0 Å². The molecule has 1 aliphatic heterocycles. The van der Waals surface area contributed by atoms with Crippen molar-refractivity contribution in [2.24, 2.45) is 0 Å². The minimum atomic E-state index is -1.39. The number of cyclic esters (lactones) is 1. The van der Waals surface area contributed by atoms with E-state index in [1.807, 2.05) is 72.8 Å². The number of nitrogens with zero attached hydrogens (tertiary/aromatic N) is 1. The summed E-state index contributed by atoms with van der Waals surface area (Å²) in [5, 5.41) is 11.5. The van der Waals surface area contributed by atoms with Gasteiger partial charge < -0.3 is 19.3 Å². The van der Waals surface area contributed by atoms with Crippen LogP contribution in [-0.4, -0.2) is 40.8 Å². The number of aliphatic hydroxyl groups is 1. The second-order valence-corrected chi connectivity index (χ2v) is 10.7. The third-order valence-electron chi connectivity index (χ3n) is 7.32. The molecule has 0 bridgehead atoms. The molecule has 1 unspecified atom stereocenters. The molecule has 4 aromatic carbocycles. The molecule has 1 saturated heterocycles. The van der Waals surface area contributed by atoms with Gasteiger partial charge in [0.25, 0.3) is 5.91 Å². The van der Waals surface area contributed by atoms with E-state index in [0.29, 0.717) is 36.0 Å². The van der Waals surface area contributed by atoms with Gasteiger partial charge in [-0.05, 0) is 58.9 Å². The van der Waals surface area contributed by atoms with Crippen LogP contribution in [0.15, 0.2) is 109 Å². The van der Waals surface area contributed by atoms with Crippen LogP contribution >= 0.6 is 0 Å². The summed E-state index contributed by atoms with van der Waals surface area (Å²) in [7, 11) is 0. The lowest BCUT2D eigenvalue weighted by Crippen LogP contribution is -2.49. The van der Waals surface area contributed by atoms with E-state index in [-0.39, 0.29) is 6.61 Å². The molecule has 7 heteroatoms. The van der Waals surface area contributed by atoms with Crippen LogP contribution in [0, 0.1) is 0 Å². The molecule has 0 aromatic heterocycles. The average molecular weight is 566 g/mol. The van der Waals surface area contributed by atoms with Crippen molar-refractivity contribution in [3.63, 3.8) is 0 Å². The van der Waals surface area contributed by atoms with Gasteiger partial charge in [-0.3, -0.25) is 4.79 Å². The summed E-state index contributed by atoms with van der Waals surface area (Å²) >= 11 is 0. The van der Waals surface area contributed by atoms with E-state index in [9.17, 15) is 14.7 Å². The maximum atomic E-state index is 14.0. The maximum Gasteiger partial charge on any atom is 0.417 e. The maximum absolute atomic E-state index is 14.0. The van der Waals surface area contributed by atoms with Gasteiger partial charge in [0.15, 0.2) is 0 Å². The summed E-state index contributed by atoms with van der Waals surface area (Å²) in [4.78, 5) is 27.9. The smallest absolute Gasteiger partial charge is 0.417 e. The molecule has 0 spiro atoms. The van der Waals surface area contributed by atoms with Crippen LogP contribution in [0.1, 0.15) is 48.1 Å². The molecule has 0 radical (unpaired) electrons. The second kappa shape index (κ2) is 13.4. The van der Waals surface area contributed by atoms with Crippen molar-refractivity contribution in [1.82, 2.24) is 4.90 Å². The summed E-state index contributed by atoms with van der Waals surface area (Å²) in [6.45, 7) is 4.65. The number of ether oxygens (including phenoxy) is 3. The fraction of sp³-hybridized carbons (Fsp3) is 0.257. The van der Waals surface area contributed by atoms with Gasteiger partial charge in [-0.2, -0.15) is 0 Å². The SMILES string of the molecule is CC(C)c1ccc(O[C@H](C(=O)N2C(=O)OCC2Cc2ccccc2)[C@H](O)c2ccc(OCc3ccccc3)cc2)cc1. The lowest BCUT2D eigenvalue weighted by Gasteiger charge is -2.28. The summed E-state index contributed by atoms with van der Waals surface area (Å²) in [5.74, 6) is 0.687. The Balaban J connectivity index is 1.38. The normalized spacial score (nSPS) is 16.1. The summed E-state index contributed by atoms with van der Waals surface area (Å²) < 4.78 is 17.3. The molecular formula is C35H35NO6. The fourth-order valence-corrected chi connectivity index (χ4v) is 4.91. The minimum Gasteiger partial charge on any atom is -0.489 e. The van der Waals surface area contributed by atoms with Gasteiger partial charge in [-0.1, -0.05) is 98.8 Å². The highest BCUT2D eigenvalue weighted by Crippen LogP contribution is 2.29. The molecule has 1 heterocycles. The first kappa shape index (κ1) is 28.9. The fourth-order valence-electron chi connectivity index (χ4n) is 4.91. The zero-order valence-corrected chi connectivity index (χ0v) is 23.8. The highest BCUT2D eigenvalue weighted by Gasteiger charge is 2.44. The Labute approximate surface area is 246 Å². The zero-order valence-electron chi connectivity index (χ0n) is 23.8. The van der Waals surface area contributed by atoms with E-state index in [0.717, 1.165) is 21.6 Å². The largest absolute Gasteiger partial charge is 0.489 e. The van der Waals surface area contributed by atoms with Crippen molar-refractivity contribution >= 4 is 12.0 Å². The molecule has 0 saturated carbocycles. The summed E-state index contributed by atoms with van der Waals surface area (Å²) in [6.07, 6.45) is -3.08. The lowest BCUT2D eigenvalue weighted by atomic mass is 10.0. The number of carbonyl (C=O) groups excluding carboxylic acids is 2. The molecular weight excluding hydrogens is 530 g/mol. The molecule has 1 fully saturated rings. The van der Waals surface area contributed by atoms with Crippen LogP contribution in [0.5, 0.6) is 11.5 Å². The van der Waals surface area contributed by atoms with Crippen LogP contribution < -0.4 is 9.47 Å². The molecule has 216 valence electrons. The first-order valence-electron chi connectivity index (χ1n) is 14.1.